The molecule has 1 amide bonds. The third-order valence-corrected chi connectivity index (χ3v) is 4.03. The Kier molecular flexibility index (Phi) is 6.12. The Balaban J connectivity index is 0.00000192. The minimum absolute atomic E-state index is 0. The second-order valence-electron chi connectivity index (χ2n) is 5.79. The molecule has 6 nitrogen and oxygen atoms in total. The zero-order valence-corrected chi connectivity index (χ0v) is 14.0. The fraction of sp³-hybridized carbons (Fsp3) is 0.438. The molecule has 1 unspecified atom stereocenters. The molecule has 0 spiro atoms. The third-order valence-electron chi connectivity index (χ3n) is 4.03. The fourth-order valence-electron chi connectivity index (χ4n) is 2.63. The van der Waals surface area contributed by atoms with Crippen LogP contribution in [0.5, 0.6) is 0 Å². The van der Waals surface area contributed by atoms with Crippen LogP contribution in [0.1, 0.15) is 28.9 Å². The summed E-state index contributed by atoms with van der Waals surface area (Å²) in [6.07, 6.45) is 3.86. The summed E-state index contributed by atoms with van der Waals surface area (Å²) in [5.74, 6) is 0.507. The predicted molar refractivity (Wildman–Crippen MR) is 91.3 cm³/mol. The maximum Gasteiger partial charge on any atom is 0.273 e. The van der Waals surface area contributed by atoms with Gasteiger partial charge in [0.15, 0.2) is 5.69 Å². The van der Waals surface area contributed by atoms with E-state index in [1.54, 1.807) is 10.9 Å². The minimum atomic E-state index is -0.163. The van der Waals surface area contributed by atoms with Crippen molar-refractivity contribution in [3.05, 3.63) is 41.7 Å². The summed E-state index contributed by atoms with van der Waals surface area (Å²) in [7, 11) is 0. The van der Waals surface area contributed by atoms with E-state index in [0.29, 0.717) is 18.2 Å². The maximum atomic E-state index is 12.1. The quantitative estimate of drug-likeness (QED) is 0.873. The van der Waals surface area contributed by atoms with Crippen LogP contribution in [0.15, 0.2) is 30.5 Å². The first kappa shape index (κ1) is 17.4. The standard InChI is InChI=1S/C16H21N5O.ClH/c1-12-2-4-14(5-3-12)21-11-15(19-20-21)16(22)18-9-7-13-6-8-17-10-13;/h2-5,11,13,17H,6-10H2,1H3,(H,18,22);1H. The number of amides is 1. The van der Waals surface area contributed by atoms with Crippen molar-refractivity contribution in [1.29, 1.82) is 0 Å². The number of benzene rings is 1. The summed E-state index contributed by atoms with van der Waals surface area (Å²) in [5.41, 5.74) is 2.43. The van der Waals surface area contributed by atoms with Crippen molar-refractivity contribution in [1.82, 2.24) is 25.6 Å². The van der Waals surface area contributed by atoms with Crippen molar-refractivity contribution in [3.8, 4) is 5.69 Å². The van der Waals surface area contributed by atoms with Crippen molar-refractivity contribution in [3.63, 3.8) is 0 Å². The molecule has 0 aliphatic carbocycles. The molecule has 7 heteroatoms. The van der Waals surface area contributed by atoms with Gasteiger partial charge in [0.2, 0.25) is 0 Å². The molecule has 1 aromatic heterocycles. The summed E-state index contributed by atoms with van der Waals surface area (Å²) in [6.45, 7) is 4.86. The van der Waals surface area contributed by atoms with Gasteiger partial charge in [0.25, 0.3) is 5.91 Å². The van der Waals surface area contributed by atoms with E-state index in [2.05, 4.69) is 20.9 Å². The number of aromatic nitrogens is 3. The summed E-state index contributed by atoms with van der Waals surface area (Å²) < 4.78 is 1.62. The second kappa shape index (κ2) is 8.08. The number of halogens is 1. The average molecular weight is 336 g/mol. The Morgan fingerprint density at radius 3 is 2.87 bits per heavy atom. The molecule has 124 valence electrons. The topological polar surface area (TPSA) is 71.8 Å². The molecule has 1 aliphatic rings. The lowest BCUT2D eigenvalue weighted by Gasteiger charge is -2.08. The number of rotatable bonds is 5. The first-order valence-electron chi connectivity index (χ1n) is 7.70. The Morgan fingerprint density at radius 2 is 2.17 bits per heavy atom. The first-order chi connectivity index (χ1) is 10.7. The van der Waals surface area contributed by atoms with E-state index in [1.165, 1.54) is 12.0 Å². The van der Waals surface area contributed by atoms with Gasteiger partial charge in [0.05, 0.1) is 11.9 Å². The molecule has 1 fully saturated rings. The molecule has 0 saturated carbocycles. The van der Waals surface area contributed by atoms with Crippen LogP contribution in [-0.4, -0.2) is 40.5 Å². The first-order valence-corrected chi connectivity index (χ1v) is 7.70. The van der Waals surface area contributed by atoms with E-state index in [9.17, 15) is 4.79 Å². The Hall–Kier alpha value is -1.92. The summed E-state index contributed by atoms with van der Waals surface area (Å²) in [5, 5.41) is 14.2. The molecule has 1 aromatic carbocycles. The highest BCUT2D eigenvalue weighted by molar-refractivity contribution is 5.91. The van der Waals surface area contributed by atoms with Crippen LogP contribution in [-0.2, 0) is 0 Å². The van der Waals surface area contributed by atoms with Gasteiger partial charge in [-0.15, -0.1) is 17.5 Å². The van der Waals surface area contributed by atoms with E-state index < -0.39 is 0 Å². The fourth-order valence-corrected chi connectivity index (χ4v) is 2.63. The van der Waals surface area contributed by atoms with Crippen LogP contribution in [0.4, 0.5) is 0 Å². The van der Waals surface area contributed by atoms with Gasteiger partial charge in [0, 0.05) is 6.54 Å². The van der Waals surface area contributed by atoms with Gasteiger partial charge in [-0.3, -0.25) is 4.79 Å². The zero-order chi connectivity index (χ0) is 15.4. The highest BCUT2D eigenvalue weighted by Crippen LogP contribution is 2.11. The molecule has 2 aromatic rings. The summed E-state index contributed by atoms with van der Waals surface area (Å²) in [6, 6.07) is 7.93. The number of carbonyl (C=O) groups excluding carboxylic acids is 1. The van der Waals surface area contributed by atoms with Crippen molar-refractivity contribution >= 4 is 18.3 Å². The zero-order valence-electron chi connectivity index (χ0n) is 13.2. The SMILES string of the molecule is Cc1ccc(-n2cc(C(=O)NCCC3CCNC3)nn2)cc1.Cl. The van der Waals surface area contributed by atoms with Crippen LogP contribution in [0.3, 0.4) is 0 Å². The average Bonchev–Trinajstić information content (AvgIpc) is 3.19. The predicted octanol–water partition coefficient (Wildman–Crippen LogP) is 1.73. The molecule has 1 atom stereocenters. The Labute approximate surface area is 142 Å². The lowest BCUT2D eigenvalue weighted by atomic mass is 10.1. The smallest absolute Gasteiger partial charge is 0.273 e. The molecule has 1 saturated heterocycles. The highest BCUT2D eigenvalue weighted by Gasteiger charge is 2.15. The van der Waals surface area contributed by atoms with E-state index in [1.807, 2.05) is 31.2 Å². The molecule has 3 rings (SSSR count). The van der Waals surface area contributed by atoms with Gasteiger partial charge in [-0.05, 0) is 50.9 Å². The maximum absolute atomic E-state index is 12.1. The van der Waals surface area contributed by atoms with Gasteiger partial charge in [-0.1, -0.05) is 22.9 Å². The van der Waals surface area contributed by atoms with Crippen molar-refractivity contribution in [2.75, 3.05) is 19.6 Å². The van der Waals surface area contributed by atoms with Crippen molar-refractivity contribution in [2.24, 2.45) is 5.92 Å². The lowest BCUT2D eigenvalue weighted by Crippen LogP contribution is -2.26. The van der Waals surface area contributed by atoms with Crippen LogP contribution in [0, 0.1) is 12.8 Å². The number of nitrogens with zero attached hydrogens (tertiary/aromatic N) is 3. The molecule has 2 N–H and O–H groups in total. The second-order valence-corrected chi connectivity index (χ2v) is 5.79. The van der Waals surface area contributed by atoms with Gasteiger partial charge in [-0.25, -0.2) is 4.68 Å². The summed E-state index contributed by atoms with van der Waals surface area (Å²) >= 11 is 0. The third kappa shape index (κ3) is 4.53. The number of hydrogen-bond donors (Lipinski definition) is 2. The monoisotopic (exact) mass is 335 g/mol. The van der Waals surface area contributed by atoms with Crippen LogP contribution in [0.25, 0.3) is 5.69 Å². The number of nitrogens with one attached hydrogen (secondary N) is 2. The molecule has 1 aliphatic heterocycles. The van der Waals surface area contributed by atoms with Gasteiger partial charge in [0.1, 0.15) is 0 Å². The Morgan fingerprint density at radius 1 is 1.39 bits per heavy atom. The van der Waals surface area contributed by atoms with Gasteiger partial charge in [-0.2, -0.15) is 0 Å². The van der Waals surface area contributed by atoms with Crippen molar-refractivity contribution < 1.29 is 4.79 Å². The number of hydrogen-bond acceptors (Lipinski definition) is 4. The van der Waals surface area contributed by atoms with E-state index in [4.69, 9.17) is 0 Å². The molecular weight excluding hydrogens is 314 g/mol. The van der Waals surface area contributed by atoms with Gasteiger partial charge >= 0.3 is 0 Å². The largest absolute Gasteiger partial charge is 0.351 e. The molecule has 23 heavy (non-hydrogen) atoms. The van der Waals surface area contributed by atoms with Crippen molar-refractivity contribution in [2.45, 2.75) is 19.8 Å². The lowest BCUT2D eigenvalue weighted by molar-refractivity contribution is 0.0946. The van der Waals surface area contributed by atoms with Crippen LogP contribution in [0.2, 0.25) is 0 Å². The van der Waals surface area contributed by atoms with Crippen LogP contribution < -0.4 is 10.6 Å². The Bertz CT molecular complexity index is 634. The van der Waals surface area contributed by atoms with E-state index in [-0.39, 0.29) is 18.3 Å². The molecule has 2 heterocycles. The molecule has 0 radical (unpaired) electrons. The highest BCUT2D eigenvalue weighted by atomic mass is 35.5. The van der Waals surface area contributed by atoms with Crippen LogP contribution >= 0.6 is 12.4 Å². The minimum Gasteiger partial charge on any atom is -0.351 e. The van der Waals surface area contributed by atoms with E-state index in [0.717, 1.165) is 25.2 Å². The number of carbonyl (C=O) groups is 1. The number of aryl methyl sites for hydroxylation is 1. The normalized spacial score (nSPS) is 16.8. The van der Waals surface area contributed by atoms with Gasteiger partial charge < -0.3 is 10.6 Å². The summed E-state index contributed by atoms with van der Waals surface area (Å²) in [4.78, 5) is 12.1. The molecule has 0 bridgehead atoms. The molecular formula is C16H22ClN5O. The van der Waals surface area contributed by atoms with E-state index >= 15 is 0 Å².